The van der Waals surface area contributed by atoms with Crippen LogP contribution in [0.5, 0.6) is 5.75 Å². The van der Waals surface area contributed by atoms with E-state index in [2.05, 4.69) is 32.7 Å². The molecule has 0 aliphatic carbocycles. The van der Waals surface area contributed by atoms with Gasteiger partial charge >= 0.3 is 5.51 Å². The van der Waals surface area contributed by atoms with Crippen molar-refractivity contribution in [1.29, 1.82) is 0 Å². The Hall–Kier alpha value is -4.09. The van der Waals surface area contributed by atoms with Crippen LogP contribution in [0.4, 0.5) is 28.9 Å². The highest BCUT2D eigenvalue weighted by Gasteiger charge is 2.37. The Labute approximate surface area is 268 Å². The smallest absolute Gasteiger partial charge is 0.447 e. The third-order valence-electron chi connectivity index (χ3n) is 8.56. The highest BCUT2D eigenvalue weighted by atomic mass is 32.2. The first-order chi connectivity index (χ1) is 22.1. The molecule has 2 fully saturated rings. The molecule has 4 atom stereocenters. The monoisotopic (exact) mass is 658 g/mol. The molecule has 2 saturated heterocycles. The van der Waals surface area contributed by atoms with Crippen LogP contribution >= 0.6 is 11.8 Å². The van der Waals surface area contributed by atoms with Gasteiger partial charge in [0.15, 0.2) is 0 Å². The number of nitrogens with zero attached hydrogens (tertiary/aromatic N) is 3. The topological polar surface area (TPSA) is 90.3 Å². The molecule has 8 bridgehead atoms. The van der Waals surface area contributed by atoms with E-state index in [9.17, 15) is 22.8 Å². The van der Waals surface area contributed by atoms with Crippen LogP contribution in [0.3, 0.4) is 0 Å². The first kappa shape index (κ1) is 31.9. The van der Waals surface area contributed by atoms with Gasteiger partial charge in [0.1, 0.15) is 16.9 Å². The summed E-state index contributed by atoms with van der Waals surface area (Å²) >= 11 is -0.266. The molecule has 7 rings (SSSR count). The van der Waals surface area contributed by atoms with Crippen LogP contribution in [0.15, 0.2) is 47.6 Å². The predicted octanol–water partition coefficient (Wildman–Crippen LogP) is 4.44. The summed E-state index contributed by atoms with van der Waals surface area (Å²) in [7, 11) is 1.49. The van der Waals surface area contributed by atoms with Crippen molar-refractivity contribution >= 4 is 40.5 Å². The molecule has 9 nitrogen and oxygen atoms in total. The normalized spacial score (nSPS) is 24.1. The standard InChI is InChI=1S/C32H34F4N6O3S/c1-45-28-7-6-20-16-26(28)37-10-2-4-21-17-27-25(5-3-12-42(27)31(21)46-32(34,35)36)39-24-9-14-41(19-23(24)33)30(44)22-8-13-40(18-22)15-11-38-29(20)43/h3,5-7,12,16-17,22-24,37,39H,8-11,13-15,18-19H2,1H3,(H,38,43). The summed E-state index contributed by atoms with van der Waals surface area (Å²) in [4.78, 5) is 30.0. The molecule has 4 aliphatic rings. The first-order valence-electron chi connectivity index (χ1n) is 15.1. The van der Waals surface area contributed by atoms with E-state index in [0.717, 1.165) is 0 Å². The van der Waals surface area contributed by atoms with Gasteiger partial charge in [-0.15, -0.1) is 0 Å². The van der Waals surface area contributed by atoms with Crippen LogP contribution in [0.1, 0.15) is 28.8 Å². The summed E-state index contributed by atoms with van der Waals surface area (Å²) in [6.45, 7) is 2.58. The number of hydrogen-bond acceptors (Lipinski definition) is 7. The number of halogens is 4. The number of anilines is 2. The lowest BCUT2D eigenvalue weighted by Crippen LogP contribution is -2.51. The number of benzene rings is 1. The maximum absolute atomic E-state index is 15.5. The number of aromatic nitrogens is 1. The molecule has 0 spiro atoms. The van der Waals surface area contributed by atoms with Crippen molar-refractivity contribution in [2.24, 2.45) is 5.92 Å². The molecule has 2 amide bonds. The van der Waals surface area contributed by atoms with Gasteiger partial charge in [0, 0.05) is 49.7 Å². The third-order valence-corrected chi connectivity index (χ3v) is 9.40. The fourth-order valence-electron chi connectivity index (χ4n) is 6.26. The number of carbonyl (C=O) groups excluding carboxylic acids is 2. The molecule has 0 radical (unpaired) electrons. The van der Waals surface area contributed by atoms with Crippen LogP contribution in [-0.2, 0) is 4.79 Å². The van der Waals surface area contributed by atoms with Gasteiger partial charge in [-0.3, -0.25) is 9.59 Å². The van der Waals surface area contributed by atoms with E-state index in [0.29, 0.717) is 73.8 Å². The van der Waals surface area contributed by atoms with Crippen molar-refractivity contribution in [2.75, 3.05) is 63.6 Å². The highest BCUT2D eigenvalue weighted by molar-refractivity contribution is 8.00. The van der Waals surface area contributed by atoms with Crippen molar-refractivity contribution in [2.45, 2.75) is 35.6 Å². The lowest BCUT2D eigenvalue weighted by Gasteiger charge is -2.36. The molecule has 3 N–H and O–H groups in total. The van der Waals surface area contributed by atoms with Gasteiger partial charge in [0.05, 0.1) is 54.6 Å². The van der Waals surface area contributed by atoms with Crippen LogP contribution in [0, 0.1) is 17.8 Å². The summed E-state index contributed by atoms with van der Waals surface area (Å²) in [5, 5.41) is 9.12. The van der Waals surface area contributed by atoms with Gasteiger partial charge in [-0.05, 0) is 55.8 Å². The zero-order chi connectivity index (χ0) is 32.4. The number of hydrogen-bond donors (Lipinski definition) is 3. The van der Waals surface area contributed by atoms with Crippen LogP contribution in [0.2, 0.25) is 0 Å². The zero-order valence-corrected chi connectivity index (χ0v) is 25.9. The number of nitrogens with one attached hydrogen (secondary N) is 3. The van der Waals surface area contributed by atoms with Gasteiger partial charge < -0.3 is 34.9 Å². The van der Waals surface area contributed by atoms with E-state index < -0.39 is 17.7 Å². The molecule has 3 aromatic rings. The molecule has 46 heavy (non-hydrogen) atoms. The number of pyridine rings is 1. The fraction of sp³-hybridized carbons (Fsp3) is 0.438. The summed E-state index contributed by atoms with van der Waals surface area (Å²) in [6, 6.07) is 9.17. The Morgan fingerprint density at radius 3 is 2.65 bits per heavy atom. The quantitative estimate of drug-likeness (QED) is 0.213. The molecule has 6 heterocycles. The molecular formula is C32H34F4N6O3S. The fourth-order valence-corrected chi connectivity index (χ4v) is 6.95. The first-order valence-corrected chi connectivity index (χ1v) is 15.9. The molecular weight excluding hydrogens is 624 g/mol. The van der Waals surface area contributed by atoms with Gasteiger partial charge in [-0.1, -0.05) is 11.8 Å². The van der Waals surface area contributed by atoms with E-state index in [1.165, 1.54) is 17.7 Å². The lowest BCUT2D eigenvalue weighted by atomic mass is 9.99. The molecule has 4 unspecified atom stereocenters. The van der Waals surface area contributed by atoms with E-state index >= 15 is 4.39 Å². The van der Waals surface area contributed by atoms with E-state index in [-0.39, 0.29) is 53.2 Å². The zero-order valence-electron chi connectivity index (χ0n) is 25.1. The molecule has 2 aromatic heterocycles. The molecule has 0 saturated carbocycles. The Morgan fingerprint density at radius 1 is 1.02 bits per heavy atom. The van der Waals surface area contributed by atoms with Crippen LogP contribution < -0.4 is 20.7 Å². The van der Waals surface area contributed by atoms with E-state index in [1.54, 1.807) is 41.3 Å². The molecule has 4 aliphatic heterocycles. The van der Waals surface area contributed by atoms with Crippen LogP contribution in [-0.4, -0.2) is 96.7 Å². The van der Waals surface area contributed by atoms with Crippen molar-refractivity contribution in [3.63, 3.8) is 0 Å². The summed E-state index contributed by atoms with van der Waals surface area (Å²) in [5.74, 6) is 5.62. The number of thioether (sulfide) groups is 1. The number of alkyl halides is 4. The molecule has 1 aromatic carbocycles. The second-order valence-electron chi connectivity index (χ2n) is 11.5. The lowest BCUT2D eigenvalue weighted by molar-refractivity contribution is -0.137. The SMILES string of the molecule is COc1ccc2cc1NCC#Cc1cc3c(cccn3c1SC(F)(F)F)NC1CCN(CC1F)C(=O)C1CCN(CCNC2=O)C1. The van der Waals surface area contributed by atoms with E-state index in [1.807, 2.05) is 0 Å². The number of carbonyl (C=O) groups is 2. The number of piperidine rings is 1. The van der Waals surface area contributed by atoms with Crippen LogP contribution in [0.25, 0.3) is 5.52 Å². The maximum Gasteiger partial charge on any atom is 0.447 e. The van der Waals surface area contributed by atoms with E-state index in [4.69, 9.17) is 4.74 Å². The minimum atomic E-state index is -4.57. The van der Waals surface area contributed by atoms with Gasteiger partial charge in [0.25, 0.3) is 5.91 Å². The predicted molar refractivity (Wildman–Crippen MR) is 168 cm³/mol. The average molecular weight is 659 g/mol. The maximum atomic E-state index is 15.5. The summed E-state index contributed by atoms with van der Waals surface area (Å²) in [6.07, 6.45) is 1.16. The second kappa shape index (κ2) is 13.3. The average Bonchev–Trinajstić information content (AvgIpc) is 3.64. The minimum Gasteiger partial charge on any atom is -0.495 e. The second-order valence-corrected chi connectivity index (χ2v) is 12.6. The number of amides is 2. The summed E-state index contributed by atoms with van der Waals surface area (Å²) < 4.78 is 63.3. The number of methoxy groups -OCH3 is 1. The number of fused-ring (bicyclic) bond motifs is 7. The van der Waals surface area contributed by atoms with Crippen molar-refractivity contribution < 1.29 is 31.9 Å². The van der Waals surface area contributed by atoms with Gasteiger partial charge in [0.2, 0.25) is 5.91 Å². The Kier molecular flexibility index (Phi) is 9.24. The van der Waals surface area contributed by atoms with Gasteiger partial charge in [-0.25, -0.2) is 4.39 Å². The Morgan fingerprint density at radius 2 is 1.87 bits per heavy atom. The van der Waals surface area contributed by atoms with Crippen molar-refractivity contribution in [3.8, 4) is 17.6 Å². The Bertz CT molecular complexity index is 1690. The van der Waals surface area contributed by atoms with Crippen molar-refractivity contribution in [1.82, 2.24) is 19.5 Å². The summed E-state index contributed by atoms with van der Waals surface area (Å²) in [5.41, 5.74) is -2.60. The highest BCUT2D eigenvalue weighted by Crippen LogP contribution is 2.41. The Balaban J connectivity index is 1.34. The van der Waals surface area contributed by atoms with Gasteiger partial charge in [-0.2, -0.15) is 13.2 Å². The minimum absolute atomic E-state index is 0.0596. The largest absolute Gasteiger partial charge is 0.495 e. The number of rotatable bonds is 2. The van der Waals surface area contributed by atoms with Crippen molar-refractivity contribution in [3.05, 3.63) is 53.7 Å². The third kappa shape index (κ3) is 7.00. The molecule has 14 heteroatoms. The number of ether oxygens (including phenoxy) is 1. The molecule has 244 valence electrons.